The molecule has 0 saturated heterocycles. The molecule has 1 N–H and O–H groups in total. The van der Waals surface area contributed by atoms with E-state index >= 15 is 0 Å². The van der Waals surface area contributed by atoms with Crippen molar-refractivity contribution in [3.05, 3.63) is 33.9 Å². The minimum absolute atomic E-state index is 0.0934. The van der Waals surface area contributed by atoms with Gasteiger partial charge in [-0.15, -0.1) is 0 Å². The van der Waals surface area contributed by atoms with Gasteiger partial charge in [-0.1, -0.05) is 61.5 Å². The topological polar surface area (TPSA) is 37.3 Å². The Morgan fingerprint density at radius 2 is 1.15 bits per heavy atom. The number of rotatable bonds is 5. The number of carboxylic acids is 1. The van der Waals surface area contributed by atoms with Gasteiger partial charge in [0, 0.05) is 0 Å². The fourth-order valence-corrected chi connectivity index (χ4v) is 6.96. The van der Waals surface area contributed by atoms with E-state index in [1.54, 1.807) is 0 Å². The second-order valence-electron chi connectivity index (χ2n) is 10.5. The predicted molar refractivity (Wildman–Crippen MR) is 113 cm³/mol. The lowest BCUT2D eigenvalue weighted by atomic mass is 9.72. The smallest absolute Gasteiger partial charge is 0.336 e. The normalized spacial score (nSPS) is 23.1. The Kier molecular flexibility index (Phi) is 4.61. The zero-order valence-electron chi connectivity index (χ0n) is 18.7. The number of hydrogen-bond donors (Lipinski definition) is 1. The van der Waals surface area contributed by atoms with Crippen LogP contribution in [0.4, 0.5) is 0 Å². The average Bonchev–Trinajstić information content (AvgIpc) is 2.99. The van der Waals surface area contributed by atoms with E-state index < -0.39 is 5.97 Å². The monoisotopic (exact) mass is 370 g/mol. The van der Waals surface area contributed by atoms with E-state index in [2.05, 4.69) is 61.5 Å². The zero-order chi connectivity index (χ0) is 20.4. The van der Waals surface area contributed by atoms with Gasteiger partial charge in [-0.05, 0) is 82.4 Å². The molecule has 0 spiro atoms. The first kappa shape index (κ1) is 20.4. The van der Waals surface area contributed by atoms with Crippen molar-refractivity contribution in [3.63, 3.8) is 0 Å². The van der Waals surface area contributed by atoms with Gasteiger partial charge in [-0.25, -0.2) is 4.79 Å². The highest BCUT2D eigenvalue weighted by Gasteiger charge is 2.54. The van der Waals surface area contributed by atoms with E-state index in [1.807, 2.05) is 0 Å². The van der Waals surface area contributed by atoms with Crippen molar-refractivity contribution < 1.29 is 9.90 Å². The first-order valence-electron chi connectivity index (χ1n) is 10.9. The Morgan fingerprint density at radius 3 is 1.41 bits per heavy atom. The van der Waals surface area contributed by atoms with Crippen molar-refractivity contribution >= 4 is 5.97 Å². The molecule has 0 unspecified atom stereocenters. The molecule has 0 radical (unpaired) electrons. The van der Waals surface area contributed by atoms with Crippen LogP contribution in [0.3, 0.4) is 0 Å². The molecule has 0 aromatic heterocycles. The summed E-state index contributed by atoms with van der Waals surface area (Å²) in [5.41, 5.74) is 5.63. The Bertz CT molecular complexity index is 718. The summed E-state index contributed by atoms with van der Waals surface area (Å²) in [4.78, 5) is 12.7. The first-order chi connectivity index (χ1) is 12.4. The van der Waals surface area contributed by atoms with E-state index in [1.165, 1.54) is 11.1 Å². The third-order valence-electron chi connectivity index (χ3n) is 8.31. The van der Waals surface area contributed by atoms with Gasteiger partial charge in [-0.2, -0.15) is 0 Å². The van der Waals surface area contributed by atoms with Crippen molar-refractivity contribution in [3.8, 4) is 0 Å². The molecule has 150 valence electrons. The average molecular weight is 371 g/mol. The van der Waals surface area contributed by atoms with Gasteiger partial charge < -0.3 is 5.11 Å². The van der Waals surface area contributed by atoms with Gasteiger partial charge in [0.2, 0.25) is 0 Å². The van der Waals surface area contributed by atoms with Crippen LogP contribution in [-0.2, 0) is 21.7 Å². The summed E-state index contributed by atoms with van der Waals surface area (Å²) in [6.45, 7) is 18.1. The van der Waals surface area contributed by atoms with Crippen LogP contribution >= 0.6 is 0 Å². The molecule has 2 heteroatoms. The van der Waals surface area contributed by atoms with Crippen molar-refractivity contribution in [2.75, 3.05) is 0 Å². The fraction of sp³-hybridized carbons (Fsp3) is 0.720. The van der Waals surface area contributed by atoms with Crippen LogP contribution in [0.2, 0.25) is 0 Å². The molecule has 2 nitrogen and oxygen atoms in total. The molecule has 0 heterocycles. The summed E-state index contributed by atoms with van der Waals surface area (Å²) < 4.78 is 0. The van der Waals surface area contributed by atoms with Gasteiger partial charge in [0.15, 0.2) is 0 Å². The SMILES string of the molecule is CCC1(CC)CC(C)(C)c2c1cc1c(c2C(=O)O)C(C)(C)CC1(CC)CC. The molecule has 0 aliphatic heterocycles. The van der Waals surface area contributed by atoms with E-state index in [9.17, 15) is 9.90 Å². The molecule has 0 amide bonds. The van der Waals surface area contributed by atoms with E-state index in [4.69, 9.17) is 0 Å². The van der Waals surface area contributed by atoms with Gasteiger partial charge in [-0.3, -0.25) is 0 Å². The fourth-order valence-electron chi connectivity index (χ4n) is 6.96. The summed E-state index contributed by atoms with van der Waals surface area (Å²) in [6.07, 6.45) is 6.41. The lowest BCUT2D eigenvalue weighted by Gasteiger charge is -2.32. The summed E-state index contributed by atoms with van der Waals surface area (Å²) >= 11 is 0. The highest BCUT2D eigenvalue weighted by Crippen LogP contribution is 2.61. The molecule has 0 fully saturated rings. The minimum atomic E-state index is -0.727. The number of aromatic carboxylic acids is 1. The molecular weight excluding hydrogens is 332 g/mol. The van der Waals surface area contributed by atoms with E-state index in [0.717, 1.165) is 49.7 Å². The molecule has 27 heavy (non-hydrogen) atoms. The van der Waals surface area contributed by atoms with Crippen LogP contribution in [0.1, 0.15) is 127 Å². The summed E-state index contributed by atoms with van der Waals surface area (Å²) in [5, 5.41) is 10.4. The number of carbonyl (C=O) groups is 1. The van der Waals surface area contributed by atoms with E-state index in [-0.39, 0.29) is 21.7 Å². The van der Waals surface area contributed by atoms with Crippen LogP contribution in [0.25, 0.3) is 0 Å². The largest absolute Gasteiger partial charge is 0.478 e. The number of carboxylic acid groups (broad SMARTS) is 1. The number of fused-ring (bicyclic) bond motifs is 2. The Labute approximate surface area is 165 Å². The van der Waals surface area contributed by atoms with E-state index in [0.29, 0.717) is 5.56 Å². The highest BCUT2D eigenvalue weighted by atomic mass is 16.4. The van der Waals surface area contributed by atoms with Gasteiger partial charge in [0.1, 0.15) is 0 Å². The first-order valence-corrected chi connectivity index (χ1v) is 10.9. The third-order valence-corrected chi connectivity index (χ3v) is 8.31. The molecule has 0 saturated carbocycles. The standard InChI is InChI=1S/C25H38O2/c1-9-24(10-2)14-22(5,6)19-16(24)13-17-20(18(19)21(26)27)23(7,8)15-25(17,11-3)12-4/h13H,9-12,14-15H2,1-8H3,(H,26,27). The van der Waals surface area contributed by atoms with Crippen molar-refractivity contribution in [2.24, 2.45) is 0 Å². The van der Waals surface area contributed by atoms with Crippen LogP contribution < -0.4 is 0 Å². The zero-order valence-corrected chi connectivity index (χ0v) is 18.7. The van der Waals surface area contributed by atoms with Crippen LogP contribution in [-0.4, -0.2) is 11.1 Å². The highest BCUT2D eigenvalue weighted by molar-refractivity contribution is 5.94. The van der Waals surface area contributed by atoms with Crippen LogP contribution in [0.5, 0.6) is 0 Å². The van der Waals surface area contributed by atoms with Gasteiger partial charge >= 0.3 is 5.97 Å². The molecule has 1 aromatic carbocycles. The number of benzene rings is 1. The van der Waals surface area contributed by atoms with Crippen molar-refractivity contribution in [2.45, 2.75) is 116 Å². The van der Waals surface area contributed by atoms with Crippen LogP contribution in [0.15, 0.2) is 6.07 Å². The molecule has 2 aliphatic rings. The lowest BCUT2D eigenvalue weighted by molar-refractivity contribution is 0.0691. The summed E-state index contributed by atoms with van der Waals surface area (Å²) in [6, 6.07) is 2.47. The molecule has 2 aliphatic carbocycles. The van der Waals surface area contributed by atoms with Gasteiger partial charge in [0.25, 0.3) is 0 Å². The molecule has 0 atom stereocenters. The second-order valence-corrected chi connectivity index (χ2v) is 10.5. The lowest BCUT2D eigenvalue weighted by Crippen LogP contribution is -2.26. The third kappa shape index (κ3) is 2.54. The van der Waals surface area contributed by atoms with Crippen molar-refractivity contribution in [1.29, 1.82) is 0 Å². The summed E-state index contributed by atoms with van der Waals surface area (Å²) in [5.74, 6) is -0.727. The molecule has 3 rings (SSSR count). The molecule has 0 bridgehead atoms. The molecular formula is C25H38O2. The maximum Gasteiger partial charge on any atom is 0.336 e. The van der Waals surface area contributed by atoms with Crippen LogP contribution in [0, 0.1) is 0 Å². The summed E-state index contributed by atoms with van der Waals surface area (Å²) in [7, 11) is 0. The van der Waals surface area contributed by atoms with Crippen molar-refractivity contribution in [1.82, 2.24) is 0 Å². The Balaban J connectivity index is 2.51. The predicted octanol–water partition coefficient (Wildman–Crippen LogP) is 6.86. The second kappa shape index (κ2) is 6.09. The number of hydrogen-bond acceptors (Lipinski definition) is 1. The quantitative estimate of drug-likeness (QED) is 0.614. The molecule has 1 aromatic rings. The van der Waals surface area contributed by atoms with Gasteiger partial charge in [0.05, 0.1) is 5.56 Å². The maximum atomic E-state index is 12.7. The minimum Gasteiger partial charge on any atom is -0.478 e. The Hall–Kier alpha value is -1.31. The maximum absolute atomic E-state index is 12.7. The Morgan fingerprint density at radius 1 is 0.815 bits per heavy atom.